The second-order valence-corrected chi connectivity index (χ2v) is 11.3. The van der Waals surface area contributed by atoms with Crippen molar-refractivity contribution in [3.63, 3.8) is 0 Å². The van der Waals surface area contributed by atoms with Crippen LogP contribution in [0, 0.1) is 5.82 Å². The number of nitrogens with zero attached hydrogens (tertiary/aromatic N) is 3. The summed E-state index contributed by atoms with van der Waals surface area (Å²) >= 11 is 1.56. The maximum atomic E-state index is 14.0. The summed E-state index contributed by atoms with van der Waals surface area (Å²) in [5.74, 6) is -0.740. The highest BCUT2D eigenvalue weighted by Gasteiger charge is 2.26. The van der Waals surface area contributed by atoms with Crippen molar-refractivity contribution in [2.45, 2.75) is 74.8 Å². The summed E-state index contributed by atoms with van der Waals surface area (Å²) < 4.78 is 33.1. The molecule has 2 fully saturated rings. The van der Waals surface area contributed by atoms with Crippen molar-refractivity contribution < 1.29 is 28.2 Å². The lowest BCUT2D eigenvalue weighted by molar-refractivity contribution is -0.163. The maximum Gasteiger partial charge on any atom is 0.271 e. The van der Waals surface area contributed by atoms with Crippen molar-refractivity contribution >= 4 is 23.6 Å². The van der Waals surface area contributed by atoms with Gasteiger partial charge in [-0.1, -0.05) is 6.07 Å². The summed E-state index contributed by atoms with van der Waals surface area (Å²) in [5.41, 5.74) is 0.390. The zero-order valence-corrected chi connectivity index (χ0v) is 24.4. The first-order valence-corrected chi connectivity index (χ1v) is 15.5. The Morgan fingerprint density at radius 1 is 1.07 bits per heavy atom. The smallest absolute Gasteiger partial charge is 0.271 e. The number of hydrogen-bond acceptors (Lipinski definition) is 8. The molecule has 2 N–H and O–H groups in total. The lowest BCUT2D eigenvalue weighted by atomic mass is 9.91. The fourth-order valence-corrected chi connectivity index (χ4v) is 5.53. The Kier molecular flexibility index (Phi) is 10.4. The highest BCUT2D eigenvalue weighted by molar-refractivity contribution is 7.98. The molecule has 0 spiro atoms. The van der Waals surface area contributed by atoms with E-state index in [9.17, 15) is 14.0 Å². The van der Waals surface area contributed by atoms with Crippen LogP contribution in [0.4, 0.5) is 4.39 Å². The average Bonchev–Trinajstić information content (AvgIpc) is 3.49. The zero-order valence-electron chi connectivity index (χ0n) is 23.6. The molecule has 1 aliphatic heterocycles. The van der Waals surface area contributed by atoms with E-state index < -0.39 is 11.7 Å². The third kappa shape index (κ3) is 8.30. The minimum absolute atomic E-state index is 0.0268. The largest absolute Gasteiger partial charge is 0.438 e. The Morgan fingerprint density at radius 3 is 2.60 bits per heavy atom. The van der Waals surface area contributed by atoms with E-state index in [-0.39, 0.29) is 35.7 Å². The molecule has 0 radical (unpaired) electrons. The quantitative estimate of drug-likeness (QED) is 0.299. The monoisotopic (exact) mass is 597 g/mol. The summed E-state index contributed by atoms with van der Waals surface area (Å²) in [6.45, 7) is 1.81. The van der Waals surface area contributed by atoms with Crippen LogP contribution in [0.2, 0.25) is 0 Å². The maximum absolute atomic E-state index is 14.0. The first-order chi connectivity index (χ1) is 20.5. The molecule has 2 aliphatic rings. The van der Waals surface area contributed by atoms with Gasteiger partial charge in [0.25, 0.3) is 11.8 Å². The Balaban J connectivity index is 1.08. The van der Waals surface area contributed by atoms with Crippen molar-refractivity contribution in [1.82, 2.24) is 25.2 Å². The van der Waals surface area contributed by atoms with Gasteiger partial charge in [-0.15, -0.1) is 11.8 Å². The lowest BCUT2D eigenvalue weighted by Gasteiger charge is -2.29. The number of thioether (sulfide) groups is 1. The van der Waals surface area contributed by atoms with Gasteiger partial charge in [0.1, 0.15) is 22.8 Å². The Labute approximate surface area is 248 Å². The predicted octanol–water partition coefficient (Wildman–Crippen LogP) is 4.95. The first kappa shape index (κ1) is 30.0. The highest BCUT2D eigenvalue weighted by atomic mass is 32.2. The summed E-state index contributed by atoms with van der Waals surface area (Å²) in [5, 5.41) is 6.04. The van der Waals surface area contributed by atoms with E-state index in [0.29, 0.717) is 50.3 Å². The fraction of sp³-hybridized carbons (Fsp3) is 0.467. The molecule has 12 heteroatoms. The summed E-state index contributed by atoms with van der Waals surface area (Å²) in [7, 11) is 0. The molecule has 2 amide bonds. The summed E-state index contributed by atoms with van der Waals surface area (Å²) in [6.07, 6.45) is 12.0. The Morgan fingerprint density at radius 2 is 1.86 bits per heavy atom. The fourth-order valence-electron chi connectivity index (χ4n) is 5.08. The van der Waals surface area contributed by atoms with E-state index >= 15 is 0 Å². The van der Waals surface area contributed by atoms with Gasteiger partial charge < -0.3 is 29.4 Å². The predicted molar refractivity (Wildman–Crippen MR) is 155 cm³/mol. The molecule has 5 rings (SSSR count). The number of pyridine rings is 1. The number of halogens is 1. The van der Waals surface area contributed by atoms with Crippen LogP contribution in [0.5, 0.6) is 11.6 Å². The molecule has 1 saturated carbocycles. The van der Waals surface area contributed by atoms with Gasteiger partial charge in [-0.05, 0) is 75.5 Å². The molecule has 10 nitrogen and oxygen atoms in total. The Bertz CT molecular complexity index is 1360. The second kappa shape index (κ2) is 14.6. The third-order valence-electron chi connectivity index (χ3n) is 7.37. The molecule has 1 saturated heterocycles. The van der Waals surface area contributed by atoms with Crippen molar-refractivity contribution in [3.05, 3.63) is 66.1 Å². The van der Waals surface area contributed by atoms with E-state index in [1.54, 1.807) is 30.4 Å². The van der Waals surface area contributed by atoms with Gasteiger partial charge in [-0.3, -0.25) is 9.59 Å². The molecule has 0 bridgehead atoms. The van der Waals surface area contributed by atoms with Crippen LogP contribution in [0.1, 0.15) is 65.8 Å². The molecule has 3 aromatic rings. The topological polar surface area (TPSA) is 117 Å². The van der Waals surface area contributed by atoms with E-state index in [0.717, 1.165) is 43.0 Å². The molecular formula is C30H36FN5O5S. The number of ether oxygens (including phenoxy) is 3. The minimum atomic E-state index is -0.620. The number of nitrogens with one attached hydrogen (secondary N) is 2. The van der Waals surface area contributed by atoms with Gasteiger partial charge >= 0.3 is 0 Å². The second-order valence-electron chi connectivity index (χ2n) is 10.4. The number of hydrogen-bond donors (Lipinski definition) is 2. The molecule has 42 heavy (non-hydrogen) atoms. The molecule has 1 unspecified atom stereocenters. The van der Waals surface area contributed by atoms with Crippen LogP contribution in [0.15, 0.2) is 53.9 Å². The van der Waals surface area contributed by atoms with Gasteiger partial charge in [-0.25, -0.2) is 14.4 Å². The number of benzene rings is 1. The number of carbonyl (C=O) groups is 2. The first-order valence-electron chi connectivity index (χ1n) is 14.3. The standard InChI is InChI=1S/C30H36FN5O5S/c1-42-24-6-4-5-23(16-24)41-30-25(15-20(31)17-32-30)28(37)34-21-8-10-22(11-9-21)35-29(38)26-18-36(19-33-26)12-14-40-27-7-2-3-13-39-27/h4-6,15-19,21-22,27H,2-3,7-14H2,1H3,(H,34,37)(H,35,38)/t21-,22+,27?. The van der Waals surface area contributed by atoms with E-state index in [1.807, 2.05) is 29.0 Å². The van der Waals surface area contributed by atoms with Gasteiger partial charge in [-0.2, -0.15) is 0 Å². The van der Waals surface area contributed by atoms with Crippen molar-refractivity contribution in [2.75, 3.05) is 19.5 Å². The van der Waals surface area contributed by atoms with E-state index in [2.05, 4.69) is 20.6 Å². The summed E-state index contributed by atoms with van der Waals surface area (Å²) in [4.78, 5) is 35.2. The van der Waals surface area contributed by atoms with Crippen molar-refractivity contribution in [1.29, 1.82) is 0 Å². The van der Waals surface area contributed by atoms with Crippen LogP contribution >= 0.6 is 11.8 Å². The van der Waals surface area contributed by atoms with E-state index in [4.69, 9.17) is 14.2 Å². The SMILES string of the molecule is CSc1cccc(Oc2ncc(F)cc2C(=O)N[C@H]2CC[C@@H](NC(=O)c3cn(CCOC4CCCCO4)cn3)CC2)c1. The Hall–Kier alpha value is -3.48. The van der Waals surface area contributed by atoms with E-state index in [1.165, 1.54) is 0 Å². The van der Waals surface area contributed by atoms with Gasteiger partial charge in [0.15, 0.2) is 6.29 Å². The van der Waals surface area contributed by atoms with Crippen LogP contribution in [0.25, 0.3) is 0 Å². The average molecular weight is 598 g/mol. The number of amides is 2. The number of aromatic nitrogens is 3. The molecule has 224 valence electrons. The molecule has 2 aromatic heterocycles. The molecule has 1 aromatic carbocycles. The molecule has 3 heterocycles. The van der Waals surface area contributed by atoms with Gasteiger partial charge in [0.05, 0.1) is 19.1 Å². The number of rotatable bonds is 11. The third-order valence-corrected chi connectivity index (χ3v) is 8.10. The molecule has 1 aliphatic carbocycles. The highest BCUT2D eigenvalue weighted by Crippen LogP contribution is 2.28. The van der Waals surface area contributed by atoms with Gasteiger partial charge in [0.2, 0.25) is 5.88 Å². The van der Waals surface area contributed by atoms with Gasteiger partial charge in [0, 0.05) is 36.3 Å². The summed E-state index contributed by atoms with van der Waals surface area (Å²) in [6, 6.07) is 8.37. The lowest BCUT2D eigenvalue weighted by Crippen LogP contribution is -2.44. The zero-order chi connectivity index (χ0) is 29.3. The van der Waals surface area contributed by atoms with Crippen LogP contribution in [-0.2, 0) is 16.0 Å². The van der Waals surface area contributed by atoms with Crippen LogP contribution < -0.4 is 15.4 Å². The minimum Gasteiger partial charge on any atom is -0.438 e. The molecule has 1 atom stereocenters. The van der Waals surface area contributed by atoms with Crippen molar-refractivity contribution in [2.24, 2.45) is 0 Å². The normalized spacial score (nSPS) is 20.6. The molecular weight excluding hydrogens is 561 g/mol. The van der Waals surface area contributed by atoms with Crippen molar-refractivity contribution in [3.8, 4) is 11.6 Å². The van der Waals surface area contributed by atoms with Crippen LogP contribution in [0.3, 0.4) is 0 Å². The number of carbonyl (C=O) groups excluding carboxylic acids is 2. The van der Waals surface area contributed by atoms with Crippen LogP contribution in [-0.4, -0.2) is 64.2 Å². The number of imidazole rings is 1.